The van der Waals surface area contributed by atoms with Gasteiger partial charge in [0.2, 0.25) is 5.75 Å². The van der Waals surface area contributed by atoms with E-state index in [0.29, 0.717) is 17.2 Å². The summed E-state index contributed by atoms with van der Waals surface area (Å²) >= 11 is 0. The highest BCUT2D eigenvalue weighted by Gasteiger charge is 2.25. The maximum absolute atomic E-state index is 5.76. The van der Waals surface area contributed by atoms with Crippen LogP contribution in [0.1, 0.15) is 18.7 Å². The van der Waals surface area contributed by atoms with Crippen molar-refractivity contribution in [2.24, 2.45) is 0 Å². The van der Waals surface area contributed by atoms with Crippen LogP contribution in [0, 0.1) is 0 Å². The molecule has 5 heteroatoms. The molecule has 2 atom stereocenters. The molecular formula is C13H19NO4. The standard InChI is InChI=1S/C13H19NO4/c1-8-7-14-13(18-8)9-5-10(15-2)12(17-4)11(6-9)16-3/h5-6,8,13-14H,7H2,1-4H3. The van der Waals surface area contributed by atoms with Crippen LogP contribution in [0.15, 0.2) is 12.1 Å². The Morgan fingerprint density at radius 2 is 1.72 bits per heavy atom. The van der Waals surface area contributed by atoms with Crippen LogP contribution in [0.5, 0.6) is 17.2 Å². The topological polar surface area (TPSA) is 49.0 Å². The molecule has 0 amide bonds. The van der Waals surface area contributed by atoms with Gasteiger partial charge in [0.1, 0.15) is 6.23 Å². The molecule has 1 aliphatic heterocycles. The van der Waals surface area contributed by atoms with Gasteiger partial charge in [-0.1, -0.05) is 0 Å². The second kappa shape index (κ2) is 5.46. The zero-order chi connectivity index (χ0) is 13.1. The summed E-state index contributed by atoms with van der Waals surface area (Å²) in [5.41, 5.74) is 0.967. The second-order valence-electron chi connectivity index (χ2n) is 4.19. The number of ether oxygens (including phenoxy) is 4. The Balaban J connectivity index is 2.37. The van der Waals surface area contributed by atoms with Gasteiger partial charge in [-0.25, -0.2) is 0 Å². The van der Waals surface area contributed by atoms with Gasteiger partial charge in [-0.05, 0) is 19.1 Å². The summed E-state index contributed by atoms with van der Waals surface area (Å²) < 4.78 is 21.7. The maximum Gasteiger partial charge on any atom is 0.203 e. The fraction of sp³-hybridized carbons (Fsp3) is 0.538. The Labute approximate surface area is 107 Å². The van der Waals surface area contributed by atoms with E-state index in [-0.39, 0.29) is 12.3 Å². The SMILES string of the molecule is COc1cc(C2NCC(C)O2)cc(OC)c1OC. The summed E-state index contributed by atoms with van der Waals surface area (Å²) in [5.74, 6) is 1.86. The molecule has 1 aliphatic rings. The fourth-order valence-corrected chi connectivity index (χ4v) is 2.05. The molecule has 0 bridgehead atoms. The van der Waals surface area contributed by atoms with E-state index in [2.05, 4.69) is 5.32 Å². The van der Waals surface area contributed by atoms with Crippen LogP contribution < -0.4 is 19.5 Å². The van der Waals surface area contributed by atoms with Crippen molar-refractivity contribution in [2.45, 2.75) is 19.3 Å². The average Bonchev–Trinajstić information content (AvgIpc) is 2.83. The largest absolute Gasteiger partial charge is 0.493 e. The lowest BCUT2D eigenvalue weighted by Crippen LogP contribution is -2.14. The minimum absolute atomic E-state index is 0.131. The summed E-state index contributed by atoms with van der Waals surface area (Å²) in [7, 11) is 4.80. The Hall–Kier alpha value is -1.46. The van der Waals surface area contributed by atoms with Crippen LogP contribution >= 0.6 is 0 Å². The van der Waals surface area contributed by atoms with Crippen molar-refractivity contribution in [2.75, 3.05) is 27.9 Å². The molecule has 2 rings (SSSR count). The van der Waals surface area contributed by atoms with Gasteiger partial charge in [0, 0.05) is 12.1 Å². The van der Waals surface area contributed by atoms with Gasteiger partial charge in [0.15, 0.2) is 11.5 Å². The predicted octanol–water partition coefficient (Wildman–Crippen LogP) is 1.72. The lowest BCUT2D eigenvalue weighted by molar-refractivity contribution is 0.0507. The summed E-state index contributed by atoms with van der Waals surface area (Å²) in [6, 6.07) is 3.80. The normalized spacial score (nSPS) is 22.9. The summed E-state index contributed by atoms with van der Waals surface area (Å²) in [4.78, 5) is 0. The molecule has 0 aliphatic carbocycles. The second-order valence-corrected chi connectivity index (χ2v) is 4.19. The molecule has 0 spiro atoms. The quantitative estimate of drug-likeness (QED) is 0.885. The van der Waals surface area contributed by atoms with Crippen LogP contribution in [-0.4, -0.2) is 34.0 Å². The third kappa shape index (κ3) is 2.37. The molecule has 1 aromatic rings. The first-order valence-electron chi connectivity index (χ1n) is 5.88. The molecule has 1 N–H and O–H groups in total. The van der Waals surface area contributed by atoms with Gasteiger partial charge in [0.05, 0.1) is 27.4 Å². The molecule has 1 fully saturated rings. The van der Waals surface area contributed by atoms with Crippen LogP contribution in [0.3, 0.4) is 0 Å². The zero-order valence-corrected chi connectivity index (χ0v) is 11.1. The van der Waals surface area contributed by atoms with Crippen molar-refractivity contribution in [3.63, 3.8) is 0 Å². The van der Waals surface area contributed by atoms with E-state index in [1.54, 1.807) is 21.3 Å². The van der Waals surface area contributed by atoms with Gasteiger partial charge >= 0.3 is 0 Å². The van der Waals surface area contributed by atoms with E-state index in [0.717, 1.165) is 12.1 Å². The molecule has 1 aromatic carbocycles. The molecule has 0 radical (unpaired) electrons. The molecular weight excluding hydrogens is 234 g/mol. The lowest BCUT2D eigenvalue weighted by Gasteiger charge is -2.17. The van der Waals surface area contributed by atoms with Crippen molar-refractivity contribution >= 4 is 0 Å². The highest BCUT2D eigenvalue weighted by atomic mass is 16.5. The molecule has 0 aromatic heterocycles. The zero-order valence-electron chi connectivity index (χ0n) is 11.1. The van der Waals surface area contributed by atoms with E-state index in [1.165, 1.54) is 0 Å². The number of hydrogen-bond acceptors (Lipinski definition) is 5. The minimum Gasteiger partial charge on any atom is -0.493 e. The lowest BCUT2D eigenvalue weighted by atomic mass is 10.1. The number of nitrogens with one attached hydrogen (secondary N) is 1. The van der Waals surface area contributed by atoms with Gasteiger partial charge < -0.3 is 18.9 Å². The number of methoxy groups -OCH3 is 3. The third-order valence-electron chi connectivity index (χ3n) is 2.95. The Bertz CT molecular complexity index is 396. The van der Waals surface area contributed by atoms with Crippen molar-refractivity contribution in [3.8, 4) is 17.2 Å². The Kier molecular flexibility index (Phi) is 3.93. The first-order valence-corrected chi connectivity index (χ1v) is 5.88. The van der Waals surface area contributed by atoms with E-state index in [4.69, 9.17) is 18.9 Å². The maximum atomic E-state index is 5.76. The first kappa shape index (κ1) is 13.0. The van der Waals surface area contributed by atoms with E-state index < -0.39 is 0 Å². The van der Waals surface area contributed by atoms with Gasteiger partial charge in [-0.3, -0.25) is 5.32 Å². The Morgan fingerprint density at radius 1 is 1.11 bits per heavy atom. The van der Waals surface area contributed by atoms with Crippen molar-refractivity contribution in [1.29, 1.82) is 0 Å². The minimum atomic E-state index is -0.131. The fourth-order valence-electron chi connectivity index (χ4n) is 2.05. The van der Waals surface area contributed by atoms with Crippen molar-refractivity contribution in [1.82, 2.24) is 5.32 Å². The molecule has 1 saturated heterocycles. The first-order chi connectivity index (χ1) is 8.69. The number of rotatable bonds is 4. The van der Waals surface area contributed by atoms with Crippen LogP contribution in [-0.2, 0) is 4.74 Å². The highest BCUT2D eigenvalue weighted by molar-refractivity contribution is 5.54. The molecule has 1 heterocycles. The molecule has 18 heavy (non-hydrogen) atoms. The summed E-state index contributed by atoms with van der Waals surface area (Å²) in [6.45, 7) is 2.87. The van der Waals surface area contributed by atoms with Crippen molar-refractivity contribution in [3.05, 3.63) is 17.7 Å². The van der Waals surface area contributed by atoms with Crippen LogP contribution in [0.4, 0.5) is 0 Å². The summed E-state index contributed by atoms with van der Waals surface area (Å²) in [5, 5.41) is 3.29. The Morgan fingerprint density at radius 3 is 2.11 bits per heavy atom. The van der Waals surface area contributed by atoms with Crippen molar-refractivity contribution < 1.29 is 18.9 Å². The number of benzene rings is 1. The van der Waals surface area contributed by atoms with Gasteiger partial charge in [0.25, 0.3) is 0 Å². The molecule has 5 nitrogen and oxygen atoms in total. The van der Waals surface area contributed by atoms with E-state index in [1.807, 2.05) is 19.1 Å². The predicted molar refractivity (Wildman–Crippen MR) is 67.4 cm³/mol. The van der Waals surface area contributed by atoms with Gasteiger partial charge in [-0.15, -0.1) is 0 Å². The van der Waals surface area contributed by atoms with E-state index >= 15 is 0 Å². The molecule has 0 saturated carbocycles. The smallest absolute Gasteiger partial charge is 0.203 e. The third-order valence-corrected chi connectivity index (χ3v) is 2.95. The molecule has 100 valence electrons. The average molecular weight is 253 g/mol. The molecule has 2 unspecified atom stereocenters. The van der Waals surface area contributed by atoms with E-state index in [9.17, 15) is 0 Å². The van der Waals surface area contributed by atoms with Gasteiger partial charge in [-0.2, -0.15) is 0 Å². The highest BCUT2D eigenvalue weighted by Crippen LogP contribution is 2.40. The number of hydrogen-bond donors (Lipinski definition) is 1. The monoisotopic (exact) mass is 253 g/mol. The van der Waals surface area contributed by atoms with Crippen LogP contribution in [0.25, 0.3) is 0 Å². The summed E-state index contributed by atoms with van der Waals surface area (Å²) in [6.07, 6.45) is 0.0720. The van der Waals surface area contributed by atoms with Crippen LogP contribution in [0.2, 0.25) is 0 Å².